The first-order valence-corrected chi connectivity index (χ1v) is 11.4. The van der Waals surface area contributed by atoms with Gasteiger partial charge in [-0.1, -0.05) is 68.4 Å². The lowest BCUT2D eigenvalue weighted by Gasteiger charge is -2.19. The van der Waals surface area contributed by atoms with Crippen molar-refractivity contribution in [3.63, 3.8) is 0 Å². The van der Waals surface area contributed by atoms with Gasteiger partial charge in [0, 0.05) is 11.8 Å². The van der Waals surface area contributed by atoms with E-state index in [1.54, 1.807) is 6.20 Å². The summed E-state index contributed by atoms with van der Waals surface area (Å²) in [4.78, 5) is 9.19. The molecule has 2 fully saturated rings. The summed E-state index contributed by atoms with van der Waals surface area (Å²) < 4.78 is 12.1. The van der Waals surface area contributed by atoms with E-state index in [1.165, 1.54) is 11.1 Å². The minimum atomic E-state index is 0.0112. The fraction of sp³-hybridized carbons (Fsp3) is 0.385. The van der Waals surface area contributed by atoms with Gasteiger partial charge in [-0.2, -0.15) is 0 Å². The van der Waals surface area contributed by atoms with Crippen molar-refractivity contribution < 1.29 is 9.47 Å². The maximum atomic E-state index is 6.07. The average molecular weight is 431 g/mol. The van der Waals surface area contributed by atoms with Crippen LogP contribution in [-0.2, 0) is 9.47 Å². The van der Waals surface area contributed by atoms with E-state index in [1.807, 2.05) is 12.1 Å². The first kappa shape index (κ1) is 21.1. The number of aromatic nitrogens is 2. The first-order chi connectivity index (χ1) is 15.7. The summed E-state index contributed by atoms with van der Waals surface area (Å²) in [6.07, 6.45) is 1.88. The zero-order chi connectivity index (χ0) is 21.9. The van der Waals surface area contributed by atoms with Crippen LogP contribution in [0.4, 0.5) is 5.95 Å². The van der Waals surface area contributed by atoms with Crippen molar-refractivity contribution in [2.75, 3.05) is 25.1 Å². The van der Waals surface area contributed by atoms with Gasteiger partial charge >= 0.3 is 0 Å². The van der Waals surface area contributed by atoms with Gasteiger partial charge in [0.15, 0.2) is 0 Å². The maximum Gasteiger partial charge on any atom is 0.223 e. The molecule has 0 spiro atoms. The van der Waals surface area contributed by atoms with E-state index < -0.39 is 0 Å². The number of nitrogens with one attached hydrogen (secondary N) is 2. The summed E-state index contributed by atoms with van der Waals surface area (Å²) >= 11 is 0. The van der Waals surface area contributed by atoms with Crippen LogP contribution >= 0.6 is 0 Å². The molecule has 5 rings (SSSR count). The Hall–Kier alpha value is -2.80. The Labute approximate surface area is 189 Å². The van der Waals surface area contributed by atoms with Gasteiger partial charge < -0.3 is 20.1 Å². The summed E-state index contributed by atoms with van der Waals surface area (Å²) in [5.74, 6) is 1.20. The molecule has 2 aromatic carbocycles. The Morgan fingerprint density at radius 3 is 2.25 bits per heavy atom. The maximum absolute atomic E-state index is 6.07. The molecule has 6 nitrogen and oxygen atoms in total. The lowest BCUT2D eigenvalue weighted by molar-refractivity contribution is 0.0674. The zero-order valence-corrected chi connectivity index (χ0v) is 18.6. The van der Waals surface area contributed by atoms with Crippen LogP contribution in [0.25, 0.3) is 22.4 Å². The Balaban J connectivity index is 1.25. The Bertz CT molecular complexity index is 1030. The molecule has 166 valence electrons. The number of anilines is 1. The molecule has 32 heavy (non-hydrogen) atoms. The lowest BCUT2D eigenvalue weighted by atomic mass is 10.0. The monoisotopic (exact) mass is 430 g/mol. The van der Waals surface area contributed by atoms with Crippen molar-refractivity contribution in [1.82, 2.24) is 15.3 Å². The topological polar surface area (TPSA) is 68.3 Å². The largest absolute Gasteiger partial charge is 0.371 e. The molecule has 0 unspecified atom stereocenters. The summed E-state index contributed by atoms with van der Waals surface area (Å²) in [5, 5.41) is 7.02. The number of nitrogens with zero attached hydrogens (tertiary/aromatic N) is 2. The van der Waals surface area contributed by atoms with Crippen molar-refractivity contribution in [2.24, 2.45) is 5.92 Å². The molecule has 2 saturated heterocycles. The molecule has 2 aliphatic rings. The third-order valence-electron chi connectivity index (χ3n) is 6.10. The molecule has 0 aliphatic carbocycles. The summed E-state index contributed by atoms with van der Waals surface area (Å²) in [6.45, 7) is 6.65. The van der Waals surface area contributed by atoms with E-state index in [2.05, 4.69) is 78.0 Å². The van der Waals surface area contributed by atoms with E-state index >= 15 is 0 Å². The number of hydrogen-bond donors (Lipinski definition) is 2. The normalized spacial score (nSPS) is 24.6. The van der Waals surface area contributed by atoms with Crippen LogP contribution in [0.3, 0.4) is 0 Å². The van der Waals surface area contributed by atoms with E-state index in [4.69, 9.17) is 14.5 Å². The molecule has 2 aliphatic heterocycles. The Morgan fingerprint density at radius 1 is 0.844 bits per heavy atom. The predicted molar refractivity (Wildman–Crippen MR) is 126 cm³/mol. The van der Waals surface area contributed by atoms with Gasteiger partial charge in [0.1, 0.15) is 12.2 Å². The van der Waals surface area contributed by atoms with Crippen LogP contribution in [0.15, 0.2) is 66.9 Å². The van der Waals surface area contributed by atoms with Gasteiger partial charge in [-0.3, -0.25) is 0 Å². The highest BCUT2D eigenvalue weighted by molar-refractivity contribution is 5.69. The molecular weight excluding hydrogens is 400 g/mol. The van der Waals surface area contributed by atoms with Crippen LogP contribution < -0.4 is 10.6 Å². The predicted octanol–water partition coefficient (Wildman–Crippen LogP) is 4.00. The second kappa shape index (κ2) is 9.36. The van der Waals surface area contributed by atoms with E-state index in [0.29, 0.717) is 25.1 Å². The average Bonchev–Trinajstić information content (AvgIpc) is 3.41. The van der Waals surface area contributed by atoms with Crippen molar-refractivity contribution >= 4 is 5.95 Å². The van der Waals surface area contributed by atoms with Crippen molar-refractivity contribution in [2.45, 2.75) is 38.1 Å². The fourth-order valence-electron chi connectivity index (χ4n) is 4.40. The van der Waals surface area contributed by atoms with Gasteiger partial charge in [0.2, 0.25) is 5.95 Å². The number of fused-ring (bicyclic) bond motifs is 1. The Morgan fingerprint density at radius 2 is 1.50 bits per heavy atom. The Kier molecular flexibility index (Phi) is 6.17. The SMILES string of the molecule is CC(C)CN[C@H]1CO[C@H]2[C@@H]1OC[C@@H]2Nc1nccc(-c2ccc(-c3ccccc3)cc2)n1. The highest BCUT2D eigenvalue weighted by atomic mass is 16.6. The third kappa shape index (κ3) is 4.53. The van der Waals surface area contributed by atoms with Crippen LogP contribution in [0.1, 0.15) is 13.8 Å². The number of benzene rings is 2. The second-order valence-corrected chi connectivity index (χ2v) is 8.96. The van der Waals surface area contributed by atoms with Gasteiger partial charge in [-0.15, -0.1) is 0 Å². The summed E-state index contributed by atoms with van der Waals surface area (Å²) in [5.41, 5.74) is 4.35. The molecule has 0 radical (unpaired) electrons. The van der Waals surface area contributed by atoms with Crippen LogP contribution in [0.2, 0.25) is 0 Å². The zero-order valence-electron chi connectivity index (χ0n) is 18.6. The quantitative estimate of drug-likeness (QED) is 0.591. The van der Waals surface area contributed by atoms with E-state index in [0.717, 1.165) is 17.8 Å². The molecule has 1 aromatic heterocycles. The van der Waals surface area contributed by atoms with Crippen LogP contribution in [0.5, 0.6) is 0 Å². The van der Waals surface area contributed by atoms with Crippen molar-refractivity contribution in [3.8, 4) is 22.4 Å². The lowest BCUT2D eigenvalue weighted by Crippen LogP contribution is -2.43. The minimum absolute atomic E-state index is 0.0112. The van der Waals surface area contributed by atoms with Crippen molar-refractivity contribution in [3.05, 3.63) is 66.9 Å². The molecule has 0 amide bonds. The summed E-state index contributed by atoms with van der Waals surface area (Å²) in [7, 11) is 0. The molecule has 4 atom stereocenters. The first-order valence-electron chi connectivity index (χ1n) is 11.4. The molecule has 3 heterocycles. The smallest absolute Gasteiger partial charge is 0.223 e. The third-order valence-corrected chi connectivity index (χ3v) is 6.10. The fourth-order valence-corrected chi connectivity index (χ4v) is 4.40. The number of hydrogen-bond acceptors (Lipinski definition) is 6. The van der Waals surface area contributed by atoms with E-state index in [-0.39, 0.29) is 24.3 Å². The highest BCUT2D eigenvalue weighted by Gasteiger charge is 2.47. The molecular formula is C26H30N4O2. The number of rotatable bonds is 7. The van der Waals surface area contributed by atoms with Crippen molar-refractivity contribution in [1.29, 1.82) is 0 Å². The highest BCUT2D eigenvalue weighted by Crippen LogP contribution is 2.29. The minimum Gasteiger partial charge on any atom is -0.371 e. The molecule has 6 heteroatoms. The number of ether oxygens (including phenoxy) is 2. The van der Waals surface area contributed by atoms with Gasteiger partial charge in [-0.25, -0.2) is 9.97 Å². The van der Waals surface area contributed by atoms with Gasteiger partial charge in [0.05, 0.1) is 31.0 Å². The van der Waals surface area contributed by atoms with E-state index in [9.17, 15) is 0 Å². The van der Waals surface area contributed by atoms with Gasteiger partial charge in [-0.05, 0) is 29.7 Å². The molecule has 0 saturated carbocycles. The summed E-state index contributed by atoms with van der Waals surface area (Å²) in [6, 6.07) is 21.1. The van der Waals surface area contributed by atoms with Gasteiger partial charge in [0.25, 0.3) is 0 Å². The standard InChI is InChI=1S/C26H30N4O2/c1-17(2)14-28-22-15-31-25-23(16-32-24(22)25)30-26-27-13-12-21(29-26)20-10-8-19(9-11-20)18-6-4-3-5-7-18/h3-13,17,22-25,28H,14-16H2,1-2H3,(H,27,29,30)/t22-,23-,24+,25+/m0/s1. The second-order valence-electron chi connectivity index (χ2n) is 8.96. The molecule has 2 N–H and O–H groups in total. The molecule has 3 aromatic rings. The van der Waals surface area contributed by atoms with Crippen LogP contribution in [0, 0.1) is 5.92 Å². The molecule has 0 bridgehead atoms. The van der Waals surface area contributed by atoms with Crippen LogP contribution in [-0.4, -0.2) is 54.0 Å².